The van der Waals surface area contributed by atoms with Gasteiger partial charge in [0.25, 0.3) is 0 Å². The first kappa shape index (κ1) is 16.5. The van der Waals surface area contributed by atoms with E-state index in [1.54, 1.807) is 6.92 Å². The molecule has 1 amide bonds. The minimum absolute atomic E-state index is 0.216. The van der Waals surface area contributed by atoms with E-state index in [9.17, 15) is 4.79 Å². The molecular weight excluding hydrogens is 314 g/mol. The number of amides is 1. The number of carbonyl (C=O) groups excluding carboxylic acids is 1. The van der Waals surface area contributed by atoms with Gasteiger partial charge in [-0.2, -0.15) is 5.10 Å². The second-order valence-corrected chi connectivity index (χ2v) is 7.43. The van der Waals surface area contributed by atoms with Crippen molar-refractivity contribution in [2.24, 2.45) is 7.05 Å². The van der Waals surface area contributed by atoms with E-state index < -0.39 is 0 Å². The summed E-state index contributed by atoms with van der Waals surface area (Å²) >= 11 is 0. The molecule has 0 aromatic carbocycles. The Bertz CT molecular complexity index is 754. The highest BCUT2D eigenvalue weighted by Gasteiger charge is 2.30. The zero-order valence-corrected chi connectivity index (χ0v) is 15.2. The van der Waals surface area contributed by atoms with Gasteiger partial charge in [0.2, 0.25) is 5.91 Å². The largest absolute Gasteiger partial charge is 0.343 e. The number of nitrogens with zero attached hydrogens (tertiary/aromatic N) is 5. The molecule has 2 aromatic heterocycles. The molecule has 0 unspecified atom stereocenters. The van der Waals surface area contributed by atoms with Gasteiger partial charge in [0.1, 0.15) is 0 Å². The molecule has 0 bridgehead atoms. The number of hydrogen-bond donors (Lipinski definition) is 0. The molecule has 0 N–H and O–H groups in total. The maximum atomic E-state index is 11.5. The van der Waals surface area contributed by atoms with Gasteiger partial charge in [-0.1, -0.05) is 0 Å². The van der Waals surface area contributed by atoms with Crippen LogP contribution in [0.1, 0.15) is 44.2 Å². The number of carbonyl (C=O) groups is 1. The lowest BCUT2D eigenvalue weighted by molar-refractivity contribution is -0.130. The molecule has 0 radical (unpaired) electrons. The monoisotopic (exact) mass is 341 g/mol. The second kappa shape index (κ2) is 6.75. The molecule has 4 heterocycles. The Morgan fingerprint density at radius 3 is 2.52 bits per heavy atom. The summed E-state index contributed by atoms with van der Waals surface area (Å²) < 4.78 is 1.91. The van der Waals surface area contributed by atoms with Crippen LogP contribution in [0.3, 0.4) is 0 Å². The molecule has 0 aliphatic carbocycles. The van der Waals surface area contributed by atoms with Gasteiger partial charge in [-0.25, -0.2) is 4.98 Å². The van der Waals surface area contributed by atoms with Crippen molar-refractivity contribution in [2.75, 3.05) is 26.2 Å². The normalized spacial score (nSPS) is 21.1. The van der Waals surface area contributed by atoms with Gasteiger partial charge in [0, 0.05) is 50.6 Å². The highest BCUT2D eigenvalue weighted by atomic mass is 16.2. The standard InChI is InChI=1S/C19H27N5O/c1-14(25)23-12-7-16(8-13-23)24-10-5-15(6-11-24)18-17-4-3-9-20-19(17)22(2)21-18/h3-4,9,15-16H,5-8,10-13H2,1-2H3. The fourth-order valence-electron chi connectivity index (χ4n) is 4.50. The third-order valence-electron chi connectivity index (χ3n) is 5.97. The molecule has 6 nitrogen and oxygen atoms in total. The summed E-state index contributed by atoms with van der Waals surface area (Å²) in [5, 5.41) is 5.98. The lowest BCUT2D eigenvalue weighted by Crippen LogP contribution is -2.48. The van der Waals surface area contributed by atoms with Crippen LogP contribution >= 0.6 is 0 Å². The predicted octanol–water partition coefficient (Wildman–Crippen LogP) is 2.16. The Balaban J connectivity index is 1.39. The van der Waals surface area contributed by atoms with E-state index in [1.165, 1.54) is 11.1 Å². The summed E-state index contributed by atoms with van der Waals surface area (Å²) in [6, 6.07) is 4.79. The first-order chi connectivity index (χ1) is 12.1. The fraction of sp³-hybridized carbons (Fsp3) is 0.632. The minimum atomic E-state index is 0.216. The van der Waals surface area contributed by atoms with E-state index in [0.717, 1.165) is 57.5 Å². The topological polar surface area (TPSA) is 54.3 Å². The SMILES string of the molecule is CC(=O)N1CCC(N2CCC(c3nn(C)c4ncccc34)CC2)CC1. The zero-order chi connectivity index (χ0) is 17.4. The molecule has 2 aliphatic heterocycles. The second-order valence-electron chi connectivity index (χ2n) is 7.43. The van der Waals surface area contributed by atoms with Crippen LogP contribution < -0.4 is 0 Å². The molecule has 25 heavy (non-hydrogen) atoms. The van der Waals surface area contributed by atoms with Crippen LogP contribution in [0.15, 0.2) is 18.3 Å². The lowest BCUT2D eigenvalue weighted by Gasteiger charge is -2.41. The molecule has 6 heteroatoms. The first-order valence-corrected chi connectivity index (χ1v) is 9.40. The maximum absolute atomic E-state index is 11.5. The van der Waals surface area contributed by atoms with Crippen molar-refractivity contribution in [1.82, 2.24) is 24.6 Å². The van der Waals surface area contributed by atoms with Crippen LogP contribution in [0.4, 0.5) is 0 Å². The van der Waals surface area contributed by atoms with Crippen molar-refractivity contribution in [3.8, 4) is 0 Å². The van der Waals surface area contributed by atoms with Crippen LogP contribution in [0.5, 0.6) is 0 Å². The zero-order valence-electron chi connectivity index (χ0n) is 15.2. The number of hydrogen-bond acceptors (Lipinski definition) is 4. The molecular formula is C19H27N5O. The van der Waals surface area contributed by atoms with E-state index in [-0.39, 0.29) is 5.91 Å². The number of aromatic nitrogens is 3. The van der Waals surface area contributed by atoms with Crippen molar-refractivity contribution < 1.29 is 4.79 Å². The number of likely N-dealkylation sites (tertiary alicyclic amines) is 2. The van der Waals surface area contributed by atoms with Crippen LogP contribution in [-0.4, -0.2) is 62.7 Å². The van der Waals surface area contributed by atoms with Gasteiger partial charge in [0.15, 0.2) is 5.65 Å². The molecule has 4 rings (SSSR count). The summed E-state index contributed by atoms with van der Waals surface area (Å²) in [6.07, 6.45) is 6.38. The molecule has 0 saturated carbocycles. The van der Waals surface area contributed by atoms with E-state index in [4.69, 9.17) is 5.10 Å². The average molecular weight is 341 g/mol. The van der Waals surface area contributed by atoms with E-state index in [0.29, 0.717) is 12.0 Å². The highest BCUT2D eigenvalue weighted by Crippen LogP contribution is 2.33. The van der Waals surface area contributed by atoms with Crippen molar-refractivity contribution >= 4 is 16.9 Å². The van der Waals surface area contributed by atoms with Gasteiger partial charge >= 0.3 is 0 Å². The number of aryl methyl sites for hydroxylation is 1. The minimum Gasteiger partial charge on any atom is -0.343 e. The Kier molecular flexibility index (Phi) is 4.46. The van der Waals surface area contributed by atoms with E-state index in [2.05, 4.69) is 16.0 Å². The quantitative estimate of drug-likeness (QED) is 0.840. The van der Waals surface area contributed by atoms with Crippen LogP contribution in [0.25, 0.3) is 11.0 Å². The number of pyridine rings is 1. The molecule has 2 aliphatic rings. The summed E-state index contributed by atoms with van der Waals surface area (Å²) in [7, 11) is 1.98. The Morgan fingerprint density at radius 1 is 1.12 bits per heavy atom. The van der Waals surface area contributed by atoms with Gasteiger partial charge < -0.3 is 9.80 Å². The van der Waals surface area contributed by atoms with Gasteiger partial charge in [-0.15, -0.1) is 0 Å². The smallest absolute Gasteiger partial charge is 0.219 e. The molecule has 2 aromatic rings. The third kappa shape index (κ3) is 3.15. The van der Waals surface area contributed by atoms with E-state index >= 15 is 0 Å². The maximum Gasteiger partial charge on any atom is 0.219 e. The van der Waals surface area contributed by atoms with Crippen LogP contribution in [-0.2, 0) is 11.8 Å². The van der Waals surface area contributed by atoms with Crippen molar-refractivity contribution in [1.29, 1.82) is 0 Å². The Hall–Kier alpha value is -1.95. The average Bonchev–Trinajstić information content (AvgIpc) is 2.99. The van der Waals surface area contributed by atoms with Crippen molar-refractivity contribution in [3.05, 3.63) is 24.0 Å². The number of piperidine rings is 2. The Labute approximate surface area is 148 Å². The number of rotatable bonds is 2. The lowest BCUT2D eigenvalue weighted by atomic mass is 9.90. The predicted molar refractivity (Wildman–Crippen MR) is 97.3 cm³/mol. The summed E-state index contributed by atoms with van der Waals surface area (Å²) in [5.41, 5.74) is 2.20. The van der Waals surface area contributed by atoms with Crippen LogP contribution in [0.2, 0.25) is 0 Å². The number of fused-ring (bicyclic) bond motifs is 1. The molecule has 2 saturated heterocycles. The highest BCUT2D eigenvalue weighted by molar-refractivity contribution is 5.78. The van der Waals surface area contributed by atoms with Crippen LogP contribution in [0, 0.1) is 0 Å². The molecule has 0 atom stereocenters. The van der Waals surface area contributed by atoms with Crippen molar-refractivity contribution in [2.45, 2.75) is 44.6 Å². The molecule has 134 valence electrons. The van der Waals surface area contributed by atoms with Gasteiger partial charge in [0.05, 0.1) is 5.69 Å². The summed E-state index contributed by atoms with van der Waals surface area (Å²) in [6.45, 7) is 5.77. The summed E-state index contributed by atoms with van der Waals surface area (Å²) in [5.74, 6) is 0.745. The van der Waals surface area contributed by atoms with Gasteiger partial charge in [-0.05, 0) is 50.9 Å². The molecule has 2 fully saturated rings. The van der Waals surface area contributed by atoms with Crippen molar-refractivity contribution in [3.63, 3.8) is 0 Å². The molecule has 0 spiro atoms. The third-order valence-corrected chi connectivity index (χ3v) is 5.97. The first-order valence-electron chi connectivity index (χ1n) is 9.40. The van der Waals surface area contributed by atoms with E-state index in [1.807, 2.05) is 28.9 Å². The summed E-state index contributed by atoms with van der Waals surface area (Å²) in [4.78, 5) is 20.6. The fourth-order valence-corrected chi connectivity index (χ4v) is 4.50. The Morgan fingerprint density at radius 2 is 1.84 bits per heavy atom. The van der Waals surface area contributed by atoms with Gasteiger partial charge in [-0.3, -0.25) is 9.48 Å².